The third kappa shape index (κ3) is 12.3. The second kappa shape index (κ2) is 23.6. The molecule has 4 fully saturated rings. The van der Waals surface area contributed by atoms with Crippen molar-refractivity contribution in [3.8, 4) is 6.07 Å². The summed E-state index contributed by atoms with van der Waals surface area (Å²) in [4.78, 5) is 65.0. The Labute approximate surface area is 425 Å². The average Bonchev–Trinajstić information content (AvgIpc) is 4.18. The third-order valence-corrected chi connectivity index (χ3v) is 16.8. The summed E-state index contributed by atoms with van der Waals surface area (Å²) >= 11 is 1.33. The van der Waals surface area contributed by atoms with Gasteiger partial charge in [-0.2, -0.15) is 5.26 Å². The normalized spacial score (nSPS) is 24.6. The zero-order valence-corrected chi connectivity index (χ0v) is 42.2. The van der Waals surface area contributed by atoms with Crippen LogP contribution in [0.25, 0.3) is 0 Å². The van der Waals surface area contributed by atoms with E-state index in [2.05, 4.69) is 45.7 Å². The van der Waals surface area contributed by atoms with Crippen molar-refractivity contribution in [1.29, 1.82) is 5.26 Å². The van der Waals surface area contributed by atoms with Crippen molar-refractivity contribution >= 4 is 40.7 Å². The number of aryl methyl sites for hydroxylation is 1. The van der Waals surface area contributed by atoms with Crippen LogP contribution in [0, 0.1) is 41.3 Å². The lowest BCUT2D eigenvalue weighted by atomic mass is 9.75. The standard InChI is InChI=1S/C55H70FN7O8S/c1-34-26-40(56)17-16-37(34)27-41-33-72-46(60-41)32-59-52(69)48(65)50(67)54(71)63-42(18-19-45(63)36-10-4-3-5-11-36)29-55(2)22-8-13-38(28-55)44-15-9-23-62(44)53(70)49(66)47(64)51(68)58-31-35-20-24-61(25-21-35)43-14-7-6-12-39(43)30-57/h6-8,12-14,16-17,26,28,33,35-36,42,44-45,47-50,64-67H,3-5,9-11,15,18-25,27,29,31-32H2,1-2H3,(H,58,68)(H,59,69)/t42?,44?,45?,47-,48?,49-,50-,55+/m1/s1. The molecule has 15 nitrogen and oxygen atoms in total. The number of hydrogen-bond acceptors (Lipinski definition) is 12. The number of aliphatic hydroxyl groups excluding tert-OH is 4. The fourth-order valence-corrected chi connectivity index (χ4v) is 12.7. The Morgan fingerprint density at radius 1 is 0.875 bits per heavy atom. The SMILES string of the molecule is Cc1cc(F)ccc1Cc1csc(CNC(=O)C(O)[C@@H](O)C(=O)N2C(C[C@]3(C)C=C(C4CCCN4C(=O)[C@H](O)[C@@H](O)C(=O)NCC4CCN(c5ccccc5C#N)CC4)C=CC3)CCC2C2CCCCC2)n1. The molecule has 3 aliphatic heterocycles. The summed E-state index contributed by atoms with van der Waals surface area (Å²) in [5.74, 6) is -3.05. The molecule has 0 spiro atoms. The van der Waals surface area contributed by atoms with E-state index in [0.29, 0.717) is 68.7 Å². The van der Waals surface area contributed by atoms with Crippen molar-refractivity contribution in [3.05, 3.63) is 105 Å². The van der Waals surface area contributed by atoms with E-state index in [0.717, 1.165) is 79.4 Å². The summed E-state index contributed by atoms with van der Waals surface area (Å²) in [7, 11) is 0. The van der Waals surface area contributed by atoms with Gasteiger partial charge in [-0.15, -0.1) is 11.3 Å². The minimum atomic E-state index is -2.01. The Morgan fingerprint density at radius 3 is 2.33 bits per heavy atom. The number of nitrogens with one attached hydrogen (secondary N) is 2. The fraction of sp³-hybridized carbons (Fsp3) is 0.564. The molecule has 4 amide bonds. The Hall–Kier alpha value is -5.51. The van der Waals surface area contributed by atoms with Crippen molar-refractivity contribution in [2.24, 2.45) is 17.3 Å². The van der Waals surface area contributed by atoms with Crippen LogP contribution in [0.15, 0.2) is 71.6 Å². The maximum Gasteiger partial charge on any atom is 0.255 e. The number of likely N-dealkylation sites (tertiary alicyclic amines) is 2. The lowest BCUT2D eigenvalue weighted by Crippen LogP contribution is -2.55. The number of piperidine rings is 1. The van der Waals surface area contributed by atoms with Crippen LogP contribution >= 0.6 is 11.3 Å². The highest BCUT2D eigenvalue weighted by molar-refractivity contribution is 7.09. The monoisotopic (exact) mass is 1010 g/mol. The number of allylic oxidation sites excluding steroid dienone is 2. The Morgan fingerprint density at radius 2 is 1.60 bits per heavy atom. The van der Waals surface area contributed by atoms with Crippen LogP contribution in [0.4, 0.5) is 10.1 Å². The number of anilines is 1. The maximum absolute atomic E-state index is 14.5. The number of carbonyl (C=O) groups excluding carboxylic acids is 4. The highest BCUT2D eigenvalue weighted by Crippen LogP contribution is 2.45. The highest BCUT2D eigenvalue weighted by Gasteiger charge is 2.47. The summed E-state index contributed by atoms with van der Waals surface area (Å²) in [6.07, 6.45) is 9.26. The molecule has 8 rings (SSSR count). The van der Waals surface area contributed by atoms with Crippen LogP contribution in [-0.2, 0) is 32.1 Å². The van der Waals surface area contributed by atoms with E-state index in [9.17, 15) is 49.3 Å². The third-order valence-electron chi connectivity index (χ3n) is 15.9. The molecule has 0 bridgehead atoms. The van der Waals surface area contributed by atoms with E-state index in [4.69, 9.17) is 0 Å². The molecule has 386 valence electrons. The molecule has 4 heterocycles. The number of nitriles is 1. The molecule has 6 N–H and O–H groups in total. The van der Waals surface area contributed by atoms with Gasteiger partial charge in [0.05, 0.1) is 29.5 Å². The molecule has 72 heavy (non-hydrogen) atoms. The molecule has 1 saturated carbocycles. The molecule has 8 atom stereocenters. The molecular formula is C55H70FN7O8S. The second-order valence-corrected chi connectivity index (χ2v) is 22.0. The Balaban J connectivity index is 0.872. The maximum atomic E-state index is 14.5. The number of amides is 4. The minimum Gasteiger partial charge on any atom is -0.380 e. The van der Waals surface area contributed by atoms with Crippen molar-refractivity contribution < 1.29 is 44.0 Å². The lowest BCUT2D eigenvalue weighted by Gasteiger charge is -2.41. The van der Waals surface area contributed by atoms with E-state index in [1.54, 1.807) is 21.9 Å². The predicted molar refractivity (Wildman–Crippen MR) is 271 cm³/mol. The van der Waals surface area contributed by atoms with Gasteiger partial charge in [-0.05, 0) is 129 Å². The van der Waals surface area contributed by atoms with Gasteiger partial charge < -0.3 is 45.8 Å². The molecule has 17 heteroatoms. The van der Waals surface area contributed by atoms with Gasteiger partial charge in [0.2, 0.25) is 0 Å². The van der Waals surface area contributed by atoms with Gasteiger partial charge in [0, 0.05) is 50.1 Å². The van der Waals surface area contributed by atoms with E-state index in [1.165, 1.54) is 23.5 Å². The highest BCUT2D eigenvalue weighted by atomic mass is 32.1. The van der Waals surface area contributed by atoms with Gasteiger partial charge in [-0.25, -0.2) is 9.37 Å². The fourth-order valence-electron chi connectivity index (χ4n) is 12.0. The topological polar surface area (TPSA) is 220 Å². The number of rotatable bonds is 17. The molecule has 3 saturated heterocycles. The van der Waals surface area contributed by atoms with Gasteiger partial charge in [-0.1, -0.05) is 62.6 Å². The summed E-state index contributed by atoms with van der Waals surface area (Å²) in [6.45, 7) is 5.96. The number of aliphatic hydroxyl groups is 4. The second-order valence-electron chi connectivity index (χ2n) is 21.0. The van der Waals surface area contributed by atoms with E-state index in [-0.39, 0.29) is 42.8 Å². The van der Waals surface area contributed by atoms with E-state index >= 15 is 0 Å². The number of nitrogens with zero attached hydrogens (tertiary/aromatic N) is 5. The zero-order chi connectivity index (χ0) is 51.1. The summed E-state index contributed by atoms with van der Waals surface area (Å²) < 4.78 is 13.6. The largest absolute Gasteiger partial charge is 0.380 e. The summed E-state index contributed by atoms with van der Waals surface area (Å²) in [6, 6.07) is 13.4. The molecule has 2 aromatic carbocycles. The van der Waals surface area contributed by atoms with Gasteiger partial charge in [-0.3, -0.25) is 19.2 Å². The Bertz CT molecular complexity index is 2530. The number of aromatic nitrogens is 1. The minimum absolute atomic E-state index is 0.0105. The predicted octanol–water partition coefficient (Wildman–Crippen LogP) is 5.36. The number of para-hydroxylation sites is 1. The van der Waals surface area contributed by atoms with Crippen LogP contribution in [0.5, 0.6) is 0 Å². The van der Waals surface area contributed by atoms with Crippen molar-refractivity contribution in [1.82, 2.24) is 25.4 Å². The first kappa shape index (κ1) is 52.8. The Kier molecular flexibility index (Phi) is 17.3. The smallest absolute Gasteiger partial charge is 0.255 e. The summed E-state index contributed by atoms with van der Waals surface area (Å²) in [5.41, 5.74) is 4.36. The first-order valence-corrected chi connectivity index (χ1v) is 26.7. The van der Waals surface area contributed by atoms with E-state index < -0.39 is 59.5 Å². The first-order chi connectivity index (χ1) is 34.6. The van der Waals surface area contributed by atoms with E-state index in [1.807, 2.05) is 36.6 Å². The van der Waals surface area contributed by atoms with Crippen molar-refractivity contribution in [2.75, 3.05) is 31.1 Å². The number of halogens is 1. The van der Waals surface area contributed by atoms with Crippen LogP contribution in [-0.4, -0.2) is 128 Å². The van der Waals surface area contributed by atoms with Crippen LogP contribution in [0.3, 0.4) is 0 Å². The molecule has 1 aromatic heterocycles. The average molecular weight is 1010 g/mol. The van der Waals surface area contributed by atoms with Crippen LogP contribution < -0.4 is 15.5 Å². The number of hydrogen-bond donors (Lipinski definition) is 6. The van der Waals surface area contributed by atoms with Crippen molar-refractivity contribution in [3.63, 3.8) is 0 Å². The first-order valence-electron chi connectivity index (χ1n) is 25.8. The molecule has 5 aliphatic rings. The van der Waals surface area contributed by atoms with Gasteiger partial charge >= 0.3 is 0 Å². The molecule has 3 aromatic rings. The summed E-state index contributed by atoms with van der Waals surface area (Å²) in [5, 5.41) is 62.2. The lowest BCUT2D eigenvalue weighted by molar-refractivity contribution is -0.156. The zero-order valence-electron chi connectivity index (χ0n) is 41.4. The number of benzene rings is 2. The quantitative estimate of drug-likeness (QED) is 0.101. The molecular weight excluding hydrogens is 938 g/mol. The molecule has 2 aliphatic carbocycles. The van der Waals surface area contributed by atoms with Gasteiger partial charge in [0.1, 0.15) is 16.9 Å². The molecule has 0 radical (unpaired) electrons. The van der Waals surface area contributed by atoms with Crippen LogP contribution in [0.2, 0.25) is 0 Å². The van der Waals surface area contributed by atoms with Gasteiger partial charge in [0.15, 0.2) is 24.4 Å². The van der Waals surface area contributed by atoms with Crippen LogP contribution in [0.1, 0.15) is 118 Å². The van der Waals surface area contributed by atoms with Gasteiger partial charge in [0.25, 0.3) is 23.6 Å². The number of carbonyl (C=O) groups is 4. The molecule has 4 unspecified atom stereocenters. The van der Waals surface area contributed by atoms with Crippen molar-refractivity contribution in [2.45, 2.75) is 153 Å². The number of thiazole rings is 1.